The van der Waals surface area contributed by atoms with Crippen molar-refractivity contribution in [2.45, 2.75) is 34.2 Å². The van der Waals surface area contributed by atoms with E-state index in [1.165, 1.54) is 16.7 Å². The summed E-state index contributed by atoms with van der Waals surface area (Å²) in [5, 5.41) is 6.35. The maximum Gasteiger partial charge on any atom is 0.257 e. The Morgan fingerprint density at radius 1 is 0.889 bits per heavy atom. The van der Waals surface area contributed by atoms with Gasteiger partial charge in [0.05, 0.1) is 11.3 Å². The number of anilines is 2. The van der Waals surface area contributed by atoms with E-state index < -0.39 is 0 Å². The molecule has 0 unspecified atom stereocenters. The fraction of sp³-hybridized carbons (Fsp3) is 0.217. The second kappa shape index (κ2) is 8.04. The van der Waals surface area contributed by atoms with Crippen molar-refractivity contribution >= 4 is 17.3 Å². The summed E-state index contributed by atoms with van der Waals surface area (Å²) >= 11 is 0. The highest BCUT2D eigenvalue weighted by atomic mass is 16.1. The Kier molecular flexibility index (Phi) is 5.55. The molecular formula is C23H25N3O. The minimum absolute atomic E-state index is 0.156. The zero-order valence-electron chi connectivity index (χ0n) is 16.3. The zero-order valence-corrected chi connectivity index (χ0v) is 16.3. The van der Waals surface area contributed by atoms with Gasteiger partial charge in [-0.1, -0.05) is 47.5 Å². The van der Waals surface area contributed by atoms with Crippen molar-refractivity contribution in [1.82, 2.24) is 4.98 Å². The summed E-state index contributed by atoms with van der Waals surface area (Å²) in [4.78, 5) is 16.9. The van der Waals surface area contributed by atoms with Crippen LogP contribution in [0.2, 0.25) is 0 Å². The minimum Gasteiger partial charge on any atom is -0.380 e. The Labute approximate surface area is 160 Å². The first-order valence-electron chi connectivity index (χ1n) is 9.06. The van der Waals surface area contributed by atoms with E-state index in [1.807, 2.05) is 19.9 Å². The number of aromatic nitrogens is 1. The van der Waals surface area contributed by atoms with E-state index in [-0.39, 0.29) is 5.91 Å². The summed E-state index contributed by atoms with van der Waals surface area (Å²) in [7, 11) is 0. The molecule has 0 saturated heterocycles. The monoisotopic (exact) mass is 359 g/mol. The number of nitrogens with zero attached hydrogens (tertiary/aromatic N) is 1. The highest BCUT2D eigenvalue weighted by Gasteiger charge is 2.11. The van der Waals surface area contributed by atoms with Crippen LogP contribution in [0.3, 0.4) is 0 Å². The molecule has 0 atom stereocenters. The molecule has 1 aromatic heterocycles. The number of hydrogen-bond acceptors (Lipinski definition) is 3. The van der Waals surface area contributed by atoms with Crippen LogP contribution in [-0.2, 0) is 6.54 Å². The van der Waals surface area contributed by atoms with E-state index in [2.05, 4.69) is 65.9 Å². The predicted octanol–water partition coefficient (Wildman–Crippen LogP) is 5.18. The molecule has 0 spiro atoms. The summed E-state index contributed by atoms with van der Waals surface area (Å²) in [5.41, 5.74) is 7.94. The molecule has 0 aliphatic rings. The van der Waals surface area contributed by atoms with Gasteiger partial charge in [-0.3, -0.25) is 9.78 Å². The molecule has 1 amide bonds. The third kappa shape index (κ3) is 4.73. The van der Waals surface area contributed by atoms with Gasteiger partial charge in [-0.05, 0) is 50.5 Å². The fourth-order valence-corrected chi connectivity index (χ4v) is 3.13. The van der Waals surface area contributed by atoms with E-state index in [0.29, 0.717) is 12.1 Å². The zero-order chi connectivity index (χ0) is 19.4. The van der Waals surface area contributed by atoms with E-state index in [4.69, 9.17) is 0 Å². The highest BCUT2D eigenvalue weighted by Crippen LogP contribution is 2.23. The van der Waals surface area contributed by atoms with Gasteiger partial charge in [0, 0.05) is 24.6 Å². The molecule has 2 N–H and O–H groups in total. The van der Waals surface area contributed by atoms with Crippen LogP contribution in [0.25, 0.3) is 0 Å². The molecule has 4 nitrogen and oxygen atoms in total. The first-order valence-corrected chi connectivity index (χ1v) is 9.06. The van der Waals surface area contributed by atoms with Gasteiger partial charge in [0.2, 0.25) is 0 Å². The summed E-state index contributed by atoms with van der Waals surface area (Å²) in [6.07, 6.45) is 3.32. The SMILES string of the molecule is Cc1ccc(CNc2cncc(C(=O)Nc3c(C)cc(C)cc3C)c2)cc1. The van der Waals surface area contributed by atoms with Crippen LogP contribution in [0.15, 0.2) is 54.9 Å². The van der Waals surface area contributed by atoms with Crippen LogP contribution in [0.5, 0.6) is 0 Å². The third-order valence-corrected chi connectivity index (χ3v) is 4.53. The summed E-state index contributed by atoms with van der Waals surface area (Å²) < 4.78 is 0. The van der Waals surface area contributed by atoms with Crippen molar-refractivity contribution in [3.8, 4) is 0 Å². The smallest absolute Gasteiger partial charge is 0.257 e. The van der Waals surface area contributed by atoms with Crippen LogP contribution in [-0.4, -0.2) is 10.9 Å². The lowest BCUT2D eigenvalue weighted by molar-refractivity contribution is 0.102. The molecule has 27 heavy (non-hydrogen) atoms. The van der Waals surface area contributed by atoms with E-state index >= 15 is 0 Å². The number of aryl methyl sites for hydroxylation is 4. The van der Waals surface area contributed by atoms with Gasteiger partial charge in [-0.2, -0.15) is 0 Å². The maximum absolute atomic E-state index is 12.7. The topological polar surface area (TPSA) is 54.0 Å². The Balaban J connectivity index is 1.71. The van der Waals surface area contributed by atoms with Gasteiger partial charge >= 0.3 is 0 Å². The first-order chi connectivity index (χ1) is 12.9. The average Bonchev–Trinajstić information content (AvgIpc) is 2.64. The molecule has 0 aliphatic carbocycles. The molecule has 2 aromatic carbocycles. The Bertz CT molecular complexity index is 939. The molecule has 3 rings (SSSR count). The first kappa shape index (κ1) is 18.6. The summed E-state index contributed by atoms with van der Waals surface area (Å²) in [6, 6.07) is 14.3. The second-order valence-electron chi connectivity index (χ2n) is 7.03. The van der Waals surface area contributed by atoms with Crippen molar-refractivity contribution in [2.75, 3.05) is 10.6 Å². The number of carbonyl (C=O) groups is 1. The van der Waals surface area contributed by atoms with Gasteiger partial charge in [0.1, 0.15) is 0 Å². The number of pyridine rings is 1. The van der Waals surface area contributed by atoms with Crippen molar-refractivity contribution < 1.29 is 4.79 Å². The van der Waals surface area contributed by atoms with Crippen molar-refractivity contribution in [3.05, 3.63) is 88.2 Å². The van der Waals surface area contributed by atoms with Crippen LogP contribution < -0.4 is 10.6 Å². The molecule has 138 valence electrons. The molecule has 0 fully saturated rings. The van der Waals surface area contributed by atoms with Crippen molar-refractivity contribution in [2.24, 2.45) is 0 Å². The molecule has 0 saturated carbocycles. The number of carbonyl (C=O) groups excluding carboxylic acids is 1. The molecule has 1 heterocycles. The Morgan fingerprint density at radius 3 is 2.22 bits per heavy atom. The molecular weight excluding hydrogens is 334 g/mol. The standard InChI is InChI=1S/C23H25N3O/c1-15-5-7-19(8-6-15)12-25-21-11-20(13-24-14-21)23(27)26-22-17(3)9-16(2)10-18(22)4/h5-11,13-14,25H,12H2,1-4H3,(H,26,27). The number of nitrogens with one attached hydrogen (secondary N) is 2. The van der Waals surface area contributed by atoms with Crippen LogP contribution >= 0.6 is 0 Å². The number of benzene rings is 2. The van der Waals surface area contributed by atoms with Gasteiger partial charge < -0.3 is 10.6 Å². The second-order valence-corrected chi connectivity index (χ2v) is 7.03. The molecule has 0 bridgehead atoms. The highest BCUT2D eigenvalue weighted by molar-refractivity contribution is 6.05. The number of hydrogen-bond donors (Lipinski definition) is 2. The Hall–Kier alpha value is -3.14. The van der Waals surface area contributed by atoms with E-state index in [0.717, 1.165) is 22.5 Å². The number of amides is 1. The molecule has 0 radical (unpaired) electrons. The van der Waals surface area contributed by atoms with E-state index in [9.17, 15) is 4.79 Å². The van der Waals surface area contributed by atoms with Gasteiger partial charge in [-0.15, -0.1) is 0 Å². The Morgan fingerprint density at radius 2 is 1.56 bits per heavy atom. The lowest BCUT2D eigenvalue weighted by atomic mass is 10.0. The quantitative estimate of drug-likeness (QED) is 0.660. The maximum atomic E-state index is 12.7. The van der Waals surface area contributed by atoms with Crippen LogP contribution in [0, 0.1) is 27.7 Å². The number of rotatable bonds is 5. The molecule has 4 heteroatoms. The lowest BCUT2D eigenvalue weighted by Crippen LogP contribution is -2.14. The van der Waals surface area contributed by atoms with Gasteiger partial charge in [0.25, 0.3) is 5.91 Å². The average molecular weight is 359 g/mol. The lowest BCUT2D eigenvalue weighted by Gasteiger charge is -2.13. The predicted molar refractivity (Wildman–Crippen MR) is 111 cm³/mol. The third-order valence-electron chi connectivity index (χ3n) is 4.53. The van der Waals surface area contributed by atoms with Crippen LogP contribution in [0.1, 0.15) is 38.2 Å². The minimum atomic E-state index is -0.156. The van der Waals surface area contributed by atoms with E-state index in [1.54, 1.807) is 12.4 Å². The van der Waals surface area contributed by atoms with Gasteiger partial charge in [0.15, 0.2) is 0 Å². The summed E-state index contributed by atoms with van der Waals surface area (Å²) in [5.74, 6) is -0.156. The van der Waals surface area contributed by atoms with Crippen molar-refractivity contribution in [1.29, 1.82) is 0 Å². The molecule has 3 aromatic rings. The molecule has 0 aliphatic heterocycles. The van der Waals surface area contributed by atoms with Crippen LogP contribution in [0.4, 0.5) is 11.4 Å². The van der Waals surface area contributed by atoms with Crippen molar-refractivity contribution in [3.63, 3.8) is 0 Å². The fourth-order valence-electron chi connectivity index (χ4n) is 3.13. The largest absolute Gasteiger partial charge is 0.380 e. The summed E-state index contributed by atoms with van der Waals surface area (Å²) in [6.45, 7) is 8.82. The van der Waals surface area contributed by atoms with Gasteiger partial charge in [-0.25, -0.2) is 0 Å². The normalized spacial score (nSPS) is 10.5.